The van der Waals surface area contributed by atoms with E-state index < -0.39 is 9.84 Å². The summed E-state index contributed by atoms with van der Waals surface area (Å²) in [6, 6.07) is 0.0437. The fraction of sp³-hybridized carbons (Fsp3) is 0.667. The third-order valence-corrected chi connectivity index (χ3v) is 4.29. The van der Waals surface area contributed by atoms with Crippen LogP contribution in [-0.2, 0) is 9.84 Å². The Morgan fingerprint density at radius 2 is 1.78 bits per heavy atom. The lowest BCUT2D eigenvalue weighted by atomic mass is 10.3. The van der Waals surface area contributed by atoms with Gasteiger partial charge in [-0.05, 0) is 6.42 Å². The van der Waals surface area contributed by atoms with Gasteiger partial charge in [0.05, 0.1) is 25.7 Å². The maximum Gasteiger partial charge on any atom is 0.324 e. The van der Waals surface area contributed by atoms with Crippen molar-refractivity contribution in [1.82, 2.24) is 15.0 Å². The molecule has 1 aliphatic rings. The monoisotopic (exact) mass is 274 g/mol. The fourth-order valence-corrected chi connectivity index (χ4v) is 3.35. The molecule has 0 bridgehead atoms. The van der Waals surface area contributed by atoms with Crippen molar-refractivity contribution in [2.75, 3.05) is 31.0 Å². The molecule has 0 radical (unpaired) electrons. The summed E-state index contributed by atoms with van der Waals surface area (Å²) in [5.74, 6) is 0.522. The fourth-order valence-electron chi connectivity index (χ4n) is 1.68. The number of nitrogens with zero attached hydrogens (tertiary/aromatic N) is 3. The van der Waals surface area contributed by atoms with Crippen LogP contribution in [0.2, 0.25) is 0 Å². The standard InChI is InChI=1S/C9H14N4O4S/c1-16-8-11-7(12-9(13-8)17-2)10-6-3-4-18(14,15)5-6/h6H,3-5H2,1-2H3,(H,10,11,12,13). The molecule has 1 fully saturated rings. The normalized spacial score (nSPS) is 21.6. The van der Waals surface area contributed by atoms with E-state index in [1.807, 2.05) is 0 Å². The maximum absolute atomic E-state index is 11.3. The molecule has 1 saturated heterocycles. The molecule has 0 aliphatic carbocycles. The van der Waals surface area contributed by atoms with E-state index in [0.717, 1.165) is 0 Å². The molecule has 0 aromatic carbocycles. The predicted molar refractivity (Wildman–Crippen MR) is 63.6 cm³/mol. The molecule has 100 valence electrons. The predicted octanol–water partition coefficient (Wildman–Crippen LogP) is -0.512. The lowest BCUT2D eigenvalue weighted by Crippen LogP contribution is -2.22. The van der Waals surface area contributed by atoms with E-state index in [1.54, 1.807) is 0 Å². The SMILES string of the molecule is COc1nc(NC2CCS(=O)(=O)C2)nc(OC)n1. The smallest absolute Gasteiger partial charge is 0.324 e. The largest absolute Gasteiger partial charge is 0.467 e. The molecule has 8 nitrogen and oxygen atoms in total. The Bertz CT molecular complexity index is 511. The second kappa shape index (κ2) is 4.92. The molecule has 1 unspecified atom stereocenters. The third kappa shape index (κ3) is 2.97. The van der Waals surface area contributed by atoms with E-state index >= 15 is 0 Å². The van der Waals surface area contributed by atoms with Gasteiger partial charge in [-0.2, -0.15) is 9.97 Å². The number of aromatic nitrogens is 3. The second-order valence-corrected chi connectivity index (χ2v) is 6.11. The molecule has 18 heavy (non-hydrogen) atoms. The van der Waals surface area contributed by atoms with Gasteiger partial charge in [-0.15, -0.1) is 4.98 Å². The van der Waals surface area contributed by atoms with E-state index in [0.29, 0.717) is 6.42 Å². The zero-order valence-corrected chi connectivity index (χ0v) is 10.9. The van der Waals surface area contributed by atoms with Crippen molar-refractivity contribution >= 4 is 15.8 Å². The van der Waals surface area contributed by atoms with Crippen LogP contribution in [0.1, 0.15) is 6.42 Å². The van der Waals surface area contributed by atoms with Gasteiger partial charge < -0.3 is 14.8 Å². The van der Waals surface area contributed by atoms with Crippen molar-refractivity contribution in [2.24, 2.45) is 0 Å². The summed E-state index contributed by atoms with van der Waals surface area (Å²) < 4.78 is 32.5. The summed E-state index contributed by atoms with van der Waals surface area (Å²) in [4.78, 5) is 11.8. The van der Waals surface area contributed by atoms with Gasteiger partial charge in [0, 0.05) is 6.04 Å². The lowest BCUT2D eigenvalue weighted by molar-refractivity contribution is 0.341. The van der Waals surface area contributed by atoms with Gasteiger partial charge in [-0.25, -0.2) is 8.42 Å². The van der Waals surface area contributed by atoms with Gasteiger partial charge in [-0.3, -0.25) is 0 Å². The topological polar surface area (TPSA) is 103 Å². The molecule has 2 heterocycles. The van der Waals surface area contributed by atoms with Crippen molar-refractivity contribution in [3.8, 4) is 12.0 Å². The first-order valence-corrected chi connectivity index (χ1v) is 7.15. The Kier molecular flexibility index (Phi) is 3.50. The summed E-state index contributed by atoms with van der Waals surface area (Å²) in [7, 11) is -0.0848. The average Bonchev–Trinajstić information content (AvgIpc) is 2.68. The molecule has 1 aromatic rings. The highest BCUT2D eigenvalue weighted by molar-refractivity contribution is 7.91. The van der Waals surface area contributed by atoms with Crippen molar-refractivity contribution in [2.45, 2.75) is 12.5 Å². The average molecular weight is 274 g/mol. The highest BCUT2D eigenvalue weighted by Crippen LogP contribution is 2.17. The first-order valence-electron chi connectivity index (χ1n) is 5.33. The van der Waals surface area contributed by atoms with Crippen LogP contribution in [0, 0.1) is 0 Å². The zero-order valence-electron chi connectivity index (χ0n) is 10.1. The number of rotatable bonds is 4. The van der Waals surface area contributed by atoms with Crippen LogP contribution in [0.5, 0.6) is 12.0 Å². The van der Waals surface area contributed by atoms with E-state index in [-0.39, 0.29) is 35.5 Å². The van der Waals surface area contributed by atoms with Gasteiger partial charge in [-0.1, -0.05) is 0 Å². The Morgan fingerprint density at radius 3 is 2.22 bits per heavy atom. The van der Waals surface area contributed by atoms with Crippen LogP contribution in [0.3, 0.4) is 0 Å². The van der Waals surface area contributed by atoms with Gasteiger partial charge in [0.15, 0.2) is 9.84 Å². The highest BCUT2D eigenvalue weighted by atomic mass is 32.2. The Balaban J connectivity index is 2.14. The number of hydrogen-bond donors (Lipinski definition) is 1. The first-order chi connectivity index (χ1) is 8.52. The van der Waals surface area contributed by atoms with E-state index in [9.17, 15) is 8.42 Å². The van der Waals surface area contributed by atoms with Crippen molar-refractivity contribution in [1.29, 1.82) is 0 Å². The number of nitrogens with one attached hydrogen (secondary N) is 1. The molecule has 1 aliphatic heterocycles. The molecular formula is C9H14N4O4S. The molecule has 1 atom stereocenters. The molecule has 9 heteroatoms. The van der Waals surface area contributed by atoms with E-state index in [1.165, 1.54) is 14.2 Å². The zero-order chi connectivity index (χ0) is 13.2. The molecule has 0 spiro atoms. The molecule has 0 saturated carbocycles. The minimum absolute atomic E-state index is 0.0866. The summed E-state index contributed by atoms with van der Waals surface area (Å²) in [6.45, 7) is 0. The highest BCUT2D eigenvalue weighted by Gasteiger charge is 2.28. The molecule has 0 amide bonds. The van der Waals surface area contributed by atoms with Crippen LogP contribution < -0.4 is 14.8 Å². The Labute approximate surface area is 105 Å². The number of ether oxygens (including phenoxy) is 2. The van der Waals surface area contributed by atoms with Gasteiger partial charge in [0.1, 0.15) is 0 Å². The third-order valence-electron chi connectivity index (χ3n) is 2.53. The Hall–Kier alpha value is -1.64. The minimum Gasteiger partial charge on any atom is -0.467 e. The number of anilines is 1. The quantitative estimate of drug-likeness (QED) is 0.782. The van der Waals surface area contributed by atoms with Gasteiger partial charge >= 0.3 is 12.0 Å². The van der Waals surface area contributed by atoms with Crippen molar-refractivity contribution in [3.05, 3.63) is 0 Å². The number of methoxy groups -OCH3 is 2. The van der Waals surface area contributed by atoms with Crippen LogP contribution in [0.4, 0.5) is 5.95 Å². The number of hydrogen-bond acceptors (Lipinski definition) is 8. The first kappa shape index (κ1) is 12.8. The molecule has 2 rings (SSSR count). The summed E-state index contributed by atoms with van der Waals surface area (Å²) in [5, 5.41) is 2.94. The van der Waals surface area contributed by atoms with Crippen molar-refractivity contribution in [3.63, 3.8) is 0 Å². The maximum atomic E-state index is 11.3. The van der Waals surface area contributed by atoms with Crippen LogP contribution in [0.15, 0.2) is 0 Å². The summed E-state index contributed by atoms with van der Waals surface area (Å²) >= 11 is 0. The second-order valence-electron chi connectivity index (χ2n) is 3.88. The van der Waals surface area contributed by atoms with Crippen LogP contribution in [-0.4, -0.2) is 55.1 Å². The van der Waals surface area contributed by atoms with Crippen LogP contribution in [0.25, 0.3) is 0 Å². The summed E-state index contributed by atoms with van der Waals surface area (Å²) in [6.07, 6.45) is 0.540. The Morgan fingerprint density at radius 1 is 1.17 bits per heavy atom. The van der Waals surface area contributed by atoms with E-state index in [2.05, 4.69) is 20.3 Å². The molecular weight excluding hydrogens is 260 g/mol. The lowest BCUT2D eigenvalue weighted by Gasteiger charge is -2.11. The number of sulfone groups is 1. The van der Waals surface area contributed by atoms with Gasteiger partial charge in [0.2, 0.25) is 5.95 Å². The molecule has 1 aromatic heterocycles. The van der Waals surface area contributed by atoms with E-state index in [4.69, 9.17) is 9.47 Å². The summed E-state index contributed by atoms with van der Waals surface area (Å²) in [5.41, 5.74) is 0. The van der Waals surface area contributed by atoms with Gasteiger partial charge in [0.25, 0.3) is 0 Å². The van der Waals surface area contributed by atoms with Crippen LogP contribution >= 0.6 is 0 Å². The molecule has 1 N–H and O–H groups in total. The minimum atomic E-state index is -2.94. The van der Waals surface area contributed by atoms with Crippen molar-refractivity contribution < 1.29 is 17.9 Å².